The average Bonchev–Trinajstić information content (AvgIpc) is 2.18. The number of hydrogen-bond donors (Lipinski definition) is 0. The van der Waals surface area contributed by atoms with Crippen LogP contribution in [-0.4, -0.2) is 12.6 Å². The van der Waals surface area contributed by atoms with Gasteiger partial charge in [0.2, 0.25) is 0 Å². The van der Waals surface area contributed by atoms with Gasteiger partial charge >= 0.3 is 5.97 Å². The number of rotatable bonds is 3. The zero-order chi connectivity index (χ0) is 10.6. The first-order valence-corrected chi connectivity index (χ1v) is 5.13. The fraction of sp³-hybridized carbons (Fsp3) is 0.364. The van der Waals surface area contributed by atoms with Crippen molar-refractivity contribution in [2.24, 2.45) is 0 Å². The van der Waals surface area contributed by atoms with Crippen molar-refractivity contribution in [1.29, 1.82) is 0 Å². The zero-order valence-electron chi connectivity index (χ0n) is 7.67. The van der Waals surface area contributed by atoms with E-state index >= 15 is 0 Å². The first-order chi connectivity index (χ1) is 6.65. The van der Waals surface area contributed by atoms with Crippen molar-refractivity contribution in [2.75, 3.05) is 6.61 Å². The molecule has 0 amide bonds. The van der Waals surface area contributed by atoms with Gasteiger partial charge in [0.15, 0.2) is 0 Å². The van der Waals surface area contributed by atoms with Gasteiger partial charge in [-0.1, -0.05) is 35.5 Å². The Bertz CT molecular complexity index is 311. The summed E-state index contributed by atoms with van der Waals surface area (Å²) in [6.07, 6.45) is 0. The van der Waals surface area contributed by atoms with E-state index < -0.39 is 4.83 Å². The molecular formula is C11H14BrFO2. The Morgan fingerprint density at radius 3 is 2.47 bits per heavy atom. The predicted molar refractivity (Wildman–Crippen MR) is 61.4 cm³/mol. The lowest BCUT2D eigenvalue weighted by Gasteiger charge is -2.08. The number of alkyl halides is 1. The molecule has 0 N–H and O–H groups in total. The molecule has 1 rings (SSSR count). The number of halogens is 2. The quantitative estimate of drug-likeness (QED) is 0.624. The van der Waals surface area contributed by atoms with Gasteiger partial charge in [-0.05, 0) is 24.6 Å². The fourth-order valence-corrected chi connectivity index (χ4v) is 1.42. The average molecular weight is 277 g/mol. The molecule has 0 saturated heterocycles. The van der Waals surface area contributed by atoms with E-state index in [4.69, 9.17) is 4.74 Å². The van der Waals surface area contributed by atoms with Crippen molar-refractivity contribution in [3.63, 3.8) is 0 Å². The van der Waals surface area contributed by atoms with Gasteiger partial charge in [0.25, 0.3) is 0 Å². The van der Waals surface area contributed by atoms with E-state index in [9.17, 15) is 9.18 Å². The van der Waals surface area contributed by atoms with E-state index in [2.05, 4.69) is 15.9 Å². The summed E-state index contributed by atoms with van der Waals surface area (Å²) in [6.45, 7) is 2.07. The van der Waals surface area contributed by atoms with Crippen LogP contribution in [0.2, 0.25) is 0 Å². The molecule has 1 unspecified atom stereocenters. The van der Waals surface area contributed by atoms with Gasteiger partial charge in [-0.15, -0.1) is 0 Å². The van der Waals surface area contributed by atoms with Crippen molar-refractivity contribution in [3.8, 4) is 0 Å². The molecule has 0 aliphatic carbocycles. The highest BCUT2D eigenvalue weighted by atomic mass is 79.9. The molecule has 0 bridgehead atoms. The van der Waals surface area contributed by atoms with Crippen molar-refractivity contribution in [2.45, 2.75) is 19.2 Å². The highest BCUT2D eigenvalue weighted by Crippen LogP contribution is 2.24. The van der Waals surface area contributed by atoms with Crippen LogP contribution in [0.4, 0.5) is 4.39 Å². The van der Waals surface area contributed by atoms with E-state index in [-0.39, 0.29) is 19.2 Å². The van der Waals surface area contributed by atoms with Crippen LogP contribution in [0.25, 0.3) is 0 Å². The number of benzene rings is 1. The second-order valence-corrected chi connectivity index (χ2v) is 3.58. The van der Waals surface area contributed by atoms with Gasteiger partial charge in [-0.25, -0.2) is 4.39 Å². The Labute approximate surface area is 97.6 Å². The molecule has 0 heterocycles. The molecule has 1 aromatic rings. The normalized spacial score (nSPS) is 11.4. The maximum absolute atomic E-state index is 12.6. The lowest BCUT2D eigenvalue weighted by molar-refractivity contribution is -0.142. The summed E-state index contributed by atoms with van der Waals surface area (Å²) in [4.78, 5) is 10.7. The Hall–Kier alpha value is -0.900. The molecule has 84 valence electrons. The minimum Gasteiger partial charge on any atom is -0.465 e. The monoisotopic (exact) mass is 276 g/mol. The van der Waals surface area contributed by atoms with E-state index in [1.807, 2.05) is 0 Å². The van der Waals surface area contributed by atoms with E-state index in [1.165, 1.54) is 12.1 Å². The van der Waals surface area contributed by atoms with Crippen LogP contribution in [0.5, 0.6) is 0 Å². The van der Waals surface area contributed by atoms with Crippen LogP contribution in [0.15, 0.2) is 24.3 Å². The zero-order valence-corrected chi connectivity index (χ0v) is 9.25. The molecule has 0 saturated carbocycles. The van der Waals surface area contributed by atoms with Crippen LogP contribution >= 0.6 is 15.9 Å². The summed E-state index contributed by atoms with van der Waals surface area (Å²) in [5, 5.41) is 0. The Morgan fingerprint density at radius 2 is 2.00 bits per heavy atom. The van der Waals surface area contributed by atoms with Crippen LogP contribution in [0.1, 0.15) is 24.7 Å². The van der Waals surface area contributed by atoms with Crippen LogP contribution in [-0.2, 0) is 9.53 Å². The van der Waals surface area contributed by atoms with Crippen molar-refractivity contribution in [1.82, 2.24) is 0 Å². The molecule has 0 radical (unpaired) electrons. The number of carbonyl (C=O) groups is 1. The van der Waals surface area contributed by atoms with Crippen LogP contribution in [0, 0.1) is 5.82 Å². The molecule has 15 heavy (non-hydrogen) atoms. The molecule has 1 atom stereocenters. The number of hydrogen-bond acceptors (Lipinski definition) is 2. The minimum absolute atomic E-state index is 0. The third kappa shape index (κ3) is 4.00. The molecule has 0 spiro atoms. The summed E-state index contributed by atoms with van der Waals surface area (Å²) in [5.74, 6) is -0.684. The summed E-state index contributed by atoms with van der Waals surface area (Å²) in [5.41, 5.74) is 0.685. The van der Waals surface area contributed by atoms with Gasteiger partial charge in [-0.3, -0.25) is 4.79 Å². The molecule has 2 nitrogen and oxygen atoms in total. The van der Waals surface area contributed by atoms with E-state index in [1.54, 1.807) is 19.1 Å². The molecule has 0 fully saturated rings. The van der Waals surface area contributed by atoms with Gasteiger partial charge in [0.1, 0.15) is 10.6 Å². The number of carbonyl (C=O) groups excluding carboxylic acids is 1. The molecule has 0 aromatic heterocycles. The highest BCUT2D eigenvalue weighted by molar-refractivity contribution is 9.09. The summed E-state index contributed by atoms with van der Waals surface area (Å²) in [7, 11) is 0. The van der Waals surface area contributed by atoms with Crippen molar-refractivity contribution < 1.29 is 13.9 Å². The van der Waals surface area contributed by atoms with Crippen LogP contribution < -0.4 is 0 Å². The van der Waals surface area contributed by atoms with Crippen LogP contribution in [0.3, 0.4) is 0 Å². The highest BCUT2D eigenvalue weighted by Gasteiger charge is 2.17. The van der Waals surface area contributed by atoms with Gasteiger partial charge < -0.3 is 4.74 Å². The second kappa shape index (κ2) is 6.56. The largest absolute Gasteiger partial charge is 0.465 e. The molecule has 0 aliphatic rings. The van der Waals surface area contributed by atoms with Crippen molar-refractivity contribution in [3.05, 3.63) is 35.6 Å². The Kier molecular flexibility index (Phi) is 6.17. The molecule has 4 heteroatoms. The Balaban J connectivity index is 0.00000196. The van der Waals surface area contributed by atoms with Gasteiger partial charge in [0, 0.05) is 0 Å². The first-order valence-electron chi connectivity index (χ1n) is 4.21. The lowest BCUT2D eigenvalue weighted by atomic mass is 10.1. The first kappa shape index (κ1) is 14.1. The van der Waals surface area contributed by atoms with Gasteiger partial charge in [0.05, 0.1) is 6.61 Å². The topological polar surface area (TPSA) is 26.3 Å². The maximum atomic E-state index is 12.6. The lowest BCUT2D eigenvalue weighted by Crippen LogP contribution is -2.10. The smallest absolute Gasteiger partial charge is 0.324 e. The summed E-state index contributed by atoms with van der Waals surface area (Å²) >= 11 is 3.18. The van der Waals surface area contributed by atoms with E-state index in [0.29, 0.717) is 12.2 Å². The minimum atomic E-state index is -0.525. The SMILES string of the molecule is C.CCOC(=O)C(Br)c1ccc(F)cc1. The molecular weight excluding hydrogens is 263 g/mol. The summed E-state index contributed by atoms with van der Waals surface area (Å²) in [6, 6.07) is 5.71. The predicted octanol–water partition coefficient (Wildman–Crippen LogP) is 3.46. The second-order valence-electron chi connectivity index (χ2n) is 2.67. The molecule has 1 aromatic carbocycles. The molecule has 0 aliphatic heterocycles. The standard InChI is InChI=1S/C10H10BrFO2.CH4/c1-2-14-10(13)9(11)7-3-5-8(12)6-4-7;/h3-6,9H,2H2,1H3;1H4. The van der Waals surface area contributed by atoms with Crippen molar-refractivity contribution >= 4 is 21.9 Å². The summed E-state index contributed by atoms with van der Waals surface area (Å²) < 4.78 is 17.4. The van der Waals surface area contributed by atoms with Gasteiger partial charge in [-0.2, -0.15) is 0 Å². The number of ether oxygens (including phenoxy) is 1. The third-order valence-electron chi connectivity index (χ3n) is 1.66. The maximum Gasteiger partial charge on any atom is 0.324 e. The fourth-order valence-electron chi connectivity index (χ4n) is 0.983. The number of esters is 1. The Morgan fingerprint density at radius 1 is 1.47 bits per heavy atom. The third-order valence-corrected chi connectivity index (χ3v) is 2.56. The van der Waals surface area contributed by atoms with E-state index in [0.717, 1.165) is 0 Å².